The second-order valence-corrected chi connectivity index (χ2v) is 7.73. The van der Waals surface area contributed by atoms with Gasteiger partial charge in [-0.3, -0.25) is 24.3 Å². The van der Waals surface area contributed by atoms with Crippen molar-refractivity contribution in [3.8, 4) is 0 Å². The van der Waals surface area contributed by atoms with E-state index in [2.05, 4.69) is 10.3 Å². The minimum Gasteiger partial charge on any atom is -0.354 e. The van der Waals surface area contributed by atoms with Crippen molar-refractivity contribution in [2.75, 3.05) is 13.1 Å². The molecule has 8 nitrogen and oxygen atoms in total. The van der Waals surface area contributed by atoms with Crippen LogP contribution in [0.15, 0.2) is 36.5 Å². The van der Waals surface area contributed by atoms with Crippen molar-refractivity contribution in [1.82, 2.24) is 20.1 Å². The van der Waals surface area contributed by atoms with E-state index in [9.17, 15) is 19.2 Å². The van der Waals surface area contributed by atoms with Gasteiger partial charge < -0.3 is 5.32 Å². The van der Waals surface area contributed by atoms with Crippen molar-refractivity contribution >= 4 is 34.7 Å². The molecule has 1 saturated carbocycles. The molecule has 1 aliphatic heterocycles. The number of fused-ring (bicyclic) bond motifs is 1. The summed E-state index contributed by atoms with van der Waals surface area (Å²) >= 11 is 0. The second kappa shape index (κ2) is 8.61. The number of hydrogen-bond acceptors (Lipinski definition) is 5. The molecule has 2 heterocycles. The highest BCUT2D eigenvalue weighted by Crippen LogP contribution is 2.26. The molecule has 1 aromatic carbocycles. The Balaban J connectivity index is 1.34. The number of carbonyl (C=O) groups excluding carboxylic acids is 4. The SMILES string of the molecule is O=C(CN1C(=O)C(=O)N(C2CCCCC2)C1=O)NCCc1cccc2cccnc12. The zero-order chi connectivity index (χ0) is 21.1. The maximum Gasteiger partial charge on any atom is 0.334 e. The van der Waals surface area contributed by atoms with E-state index >= 15 is 0 Å². The summed E-state index contributed by atoms with van der Waals surface area (Å²) < 4.78 is 0. The van der Waals surface area contributed by atoms with Crippen LogP contribution in [0.25, 0.3) is 10.9 Å². The number of benzene rings is 1. The molecule has 4 rings (SSSR count). The van der Waals surface area contributed by atoms with Crippen LogP contribution >= 0.6 is 0 Å². The summed E-state index contributed by atoms with van der Waals surface area (Å²) in [6.07, 6.45) is 6.64. The van der Waals surface area contributed by atoms with E-state index < -0.39 is 30.3 Å². The molecule has 1 saturated heterocycles. The molecule has 1 aliphatic carbocycles. The monoisotopic (exact) mass is 408 g/mol. The third-order valence-electron chi connectivity index (χ3n) is 5.76. The zero-order valence-corrected chi connectivity index (χ0v) is 16.7. The molecule has 2 fully saturated rings. The van der Waals surface area contributed by atoms with Crippen LogP contribution in [0.3, 0.4) is 0 Å². The van der Waals surface area contributed by atoms with Crippen LogP contribution in [0.5, 0.6) is 0 Å². The van der Waals surface area contributed by atoms with Crippen LogP contribution in [-0.2, 0) is 20.8 Å². The lowest BCUT2D eigenvalue weighted by molar-refractivity contribution is -0.144. The summed E-state index contributed by atoms with van der Waals surface area (Å²) in [4.78, 5) is 55.7. The van der Waals surface area contributed by atoms with Crippen LogP contribution < -0.4 is 5.32 Å². The molecule has 0 unspecified atom stereocenters. The summed E-state index contributed by atoms with van der Waals surface area (Å²) in [5.41, 5.74) is 1.88. The number of para-hydroxylation sites is 1. The zero-order valence-electron chi connectivity index (χ0n) is 16.7. The van der Waals surface area contributed by atoms with Gasteiger partial charge in [0.15, 0.2) is 0 Å². The van der Waals surface area contributed by atoms with Crippen molar-refractivity contribution in [3.05, 3.63) is 42.1 Å². The number of nitrogens with zero attached hydrogens (tertiary/aromatic N) is 3. The lowest BCUT2D eigenvalue weighted by Gasteiger charge is -2.28. The summed E-state index contributed by atoms with van der Waals surface area (Å²) in [6.45, 7) is -0.106. The van der Waals surface area contributed by atoms with Crippen LogP contribution in [0.4, 0.5) is 4.79 Å². The van der Waals surface area contributed by atoms with E-state index in [0.717, 1.165) is 45.5 Å². The van der Waals surface area contributed by atoms with Crippen molar-refractivity contribution < 1.29 is 19.2 Å². The molecule has 30 heavy (non-hydrogen) atoms. The Hall–Kier alpha value is -3.29. The van der Waals surface area contributed by atoms with E-state index in [1.807, 2.05) is 30.3 Å². The summed E-state index contributed by atoms with van der Waals surface area (Å²) in [6, 6.07) is 8.80. The number of amides is 5. The summed E-state index contributed by atoms with van der Waals surface area (Å²) in [5, 5.41) is 3.75. The molecule has 2 aliphatic rings. The van der Waals surface area contributed by atoms with Crippen molar-refractivity contribution in [2.45, 2.75) is 44.6 Å². The number of hydrogen-bond donors (Lipinski definition) is 1. The number of nitrogens with one attached hydrogen (secondary N) is 1. The lowest BCUT2D eigenvalue weighted by atomic mass is 9.94. The standard InChI is InChI=1S/C22H24N4O4/c27-18(23-13-11-16-7-4-6-15-8-5-12-24-19(15)16)14-25-20(28)21(29)26(22(25)30)17-9-2-1-3-10-17/h4-8,12,17H,1-3,9-11,13-14H2,(H,23,27). The number of aromatic nitrogens is 1. The number of urea groups is 1. The van der Waals surface area contributed by atoms with E-state index in [0.29, 0.717) is 25.8 Å². The Kier molecular flexibility index (Phi) is 5.74. The highest BCUT2D eigenvalue weighted by molar-refractivity contribution is 6.45. The number of carbonyl (C=O) groups is 4. The van der Waals surface area contributed by atoms with Crippen molar-refractivity contribution in [3.63, 3.8) is 0 Å². The van der Waals surface area contributed by atoms with Gasteiger partial charge in [-0.05, 0) is 30.9 Å². The predicted molar refractivity (Wildman–Crippen MR) is 109 cm³/mol. The third-order valence-corrected chi connectivity index (χ3v) is 5.76. The van der Waals surface area contributed by atoms with E-state index in [4.69, 9.17) is 0 Å². The maximum atomic E-state index is 12.6. The minimum atomic E-state index is -0.918. The number of imide groups is 2. The maximum absolute atomic E-state index is 12.6. The van der Waals surface area contributed by atoms with Crippen molar-refractivity contribution in [1.29, 1.82) is 0 Å². The van der Waals surface area contributed by atoms with E-state index in [-0.39, 0.29) is 6.04 Å². The molecule has 0 bridgehead atoms. The smallest absolute Gasteiger partial charge is 0.334 e. The fourth-order valence-corrected chi connectivity index (χ4v) is 4.23. The molecule has 2 aromatic rings. The Morgan fingerprint density at radius 2 is 1.80 bits per heavy atom. The van der Waals surface area contributed by atoms with Gasteiger partial charge in [-0.2, -0.15) is 0 Å². The first-order chi connectivity index (χ1) is 14.6. The van der Waals surface area contributed by atoms with E-state index in [1.165, 1.54) is 0 Å². The van der Waals surface area contributed by atoms with Gasteiger partial charge in [0.1, 0.15) is 6.54 Å². The summed E-state index contributed by atoms with van der Waals surface area (Å²) in [5.74, 6) is -2.20. The van der Waals surface area contributed by atoms with Gasteiger partial charge in [-0.1, -0.05) is 43.5 Å². The Labute approximate surface area is 174 Å². The molecule has 0 spiro atoms. The van der Waals surface area contributed by atoms with Gasteiger partial charge in [-0.25, -0.2) is 9.69 Å². The third kappa shape index (κ3) is 3.90. The first-order valence-electron chi connectivity index (χ1n) is 10.3. The van der Waals surface area contributed by atoms with Gasteiger partial charge in [0, 0.05) is 24.2 Å². The molecular formula is C22H24N4O4. The van der Waals surface area contributed by atoms with Crippen molar-refractivity contribution in [2.24, 2.45) is 0 Å². The van der Waals surface area contributed by atoms with Gasteiger partial charge >= 0.3 is 17.8 Å². The first-order valence-corrected chi connectivity index (χ1v) is 10.3. The number of rotatable bonds is 6. The van der Waals surface area contributed by atoms with E-state index in [1.54, 1.807) is 6.20 Å². The molecule has 1 N–H and O–H groups in total. The largest absolute Gasteiger partial charge is 0.354 e. The van der Waals surface area contributed by atoms with Gasteiger partial charge in [0.25, 0.3) is 0 Å². The molecule has 5 amide bonds. The Morgan fingerprint density at radius 1 is 1.03 bits per heavy atom. The lowest BCUT2D eigenvalue weighted by Crippen LogP contribution is -2.44. The minimum absolute atomic E-state index is 0.241. The van der Waals surface area contributed by atoms with Gasteiger partial charge in [0.05, 0.1) is 5.52 Å². The van der Waals surface area contributed by atoms with Crippen LogP contribution in [0, 0.1) is 0 Å². The molecule has 0 atom stereocenters. The van der Waals surface area contributed by atoms with Crippen LogP contribution in [0.1, 0.15) is 37.7 Å². The Morgan fingerprint density at radius 3 is 2.60 bits per heavy atom. The molecular weight excluding hydrogens is 384 g/mol. The van der Waals surface area contributed by atoms with Gasteiger partial charge in [-0.15, -0.1) is 0 Å². The fourth-order valence-electron chi connectivity index (χ4n) is 4.23. The summed E-state index contributed by atoms with van der Waals surface area (Å²) in [7, 11) is 0. The highest BCUT2D eigenvalue weighted by Gasteiger charge is 2.48. The van der Waals surface area contributed by atoms with Crippen LogP contribution in [0.2, 0.25) is 0 Å². The molecule has 8 heteroatoms. The Bertz CT molecular complexity index is 994. The second-order valence-electron chi connectivity index (χ2n) is 7.73. The quantitative estimate of drug-likeness (QED) is 0.582. The molecule has 0 radical (unpaired) electrons. The molecule has 1 aromatic heterocycles. The molecule has 156 valence electrons. The average molecular weight is 408 g/mol. The van der Waals surface area contributed by atoms with Crippen LogP contribution in [-0.4, -0.2) is 57.7 Å². The normalized spacial score (nSPS) is 17.8. The highest BCUT2D eigenvalue weighted by atomic mass is 16.2. The fraction of sp³-hybridized carbons (Fsp3) is 0.409. The van der Waals surface area contributed by atoms with Gasteiger partial charge in [0.2, 0.25) is 5.91 Å². The average Bonchev–Trinajstić information content (AvgIpc) is 2.97. The topological polar surface area (TPSA) is 99.7 Å². The predicted octanol–water partition coefficient (Wildman–Crippen LogP) is 2.02. The number of pyridine rings is 1. The first kappa shape index (κ1) is 20.0.